The van der Waals surface area contributed by atoms with Crippen LogP contribution in [-0.4, -0.2) is 12.1 Å². The van der Waals surface area contributed by atoms with Gasteiger partial charge in [-0.3, -0.25) is 9.59 Å². The maximum absolute atomic E-state index is 12.8. The van der Waals surface area contributed by atoms with Crippen molar-refractivity contribution < 1.29 is 9.59 Å². The van der Waals surface area contributed by atoms with Gasteiger partial charge in [0.25, 0.3) is 0 Å². The highest BCUT2D eigenvalue weighted by molar-refractivity contribution is 6.15. The maximum Gasteiger partial charge on any atom is 0.193 e. The lowest BCUT2D eigenvalue weighted by Gasteiger charge is -2.08. The fraction of sp³-hybridized carbons (Fsp3) is 0. The van der Waals surface area contributed by atoms with E-state index in [0.29, 0.717) is 16.7 Å². The Morgan fingerprint density at radius 2 is 1.25 bits per heavy atom. The minimum Gasteiger partial charge on any atom is -0.298 e. The summed E-state index contributed by atoms with van der Waals surface area (Å²) in [6, 6.07) is 24.8. The van der Waals surface area contributed by atoms with Gasteiger partial charge in [0.1, 0.15) is 0 Å². The molecule has 0 bridgehead atoms. The van der Waals surface area contributed by atoms with Crippen LogP contribution in [0, 0.1) is 0 Å². The summed E-state index contributed by atoms with van der Waals surface area (Å²) in [6.45, 7) is 0. The Morgan fingerprint density at radius 3 is 1.88 bits per heavy atom. The van der Waals surface area contributed by atoms with E-state index in [4.69, 9.17) is 0 Å². The average molecular weight is 310 g/mol. The zero-order chi connectivity index (χ0) is 16.5. The van der Waals surface area contributed by atoms with E-state index in [1.807, 2.05) is 48.5 Å². The number of rotatable bonds is 3. The van der Waals surface area contributed by atoms with Crippen molar-refractivity contribution in [2.24, 2.45) is 0 Å². The molecule has 4 rings (SSSR count). The molecule has 0 saturated carbocycles. The number of carbonyl (C=O) groups excluding carboxylic acids is 2. The lowest BCUT2D eigenvalue weighted by atomic mass is 9.94. The second-order valence-electron chi connectivity index (χ2n) is 5.80. The van der Waals surface area contributed by atoms with Crippen LogP contribution in [0.2, 0.25) is 0 Å². The van der Waals surface area contributed by atoms with Gasteiger partial charge in [0, 0.05) is 16.7 Å². The van der Waals surface area contributed by atoms with Gasteiger partial charge in [0.15, 0.2) is 12.1 Å². The number of aldehydes is 1. The van der Waals surface area contributed by atoms with Crippen LogP contribution < -0.4 is 0 Å². The van der Waals surface area contributed by atoms with Crippen molar-refractivity contribution in [1.82, 2.24) is 0 Å². The third-order valence-corrected chi connectivity index (χ3v) is 4.28. The van der Waals surface area contributed by atoms with Crippen LogP contribution in [0.1, 0.15) is 26.3 Å². The van der Waals surface area contributed by atoms with Crippen molar-refractivity contribution >= 4 is 33.6 Å². The molecule has 0 radical (unpaired) electrons. The largest absolute Gasteiger partial charge is 0.298 e. The molecule has 2 heteroatoms. The van der Waals surface area contributed by atoms with Crippen molar-refractivity contribution in [3.05, 3.63) is 95.6 Å². The first kappa shape index (κ1) is 14.3. The molecule has 0 atom stereocenters. The summed E-state index contributed by atoms with van der Waals surface area (Å²) in [5.41, 5.74) is 1.45. The third-order valence-electron chi connectivity index (χ3n) is 4.28. The third kappa shape index (κ3) is 2.38. The fourth-order valence-electron chi connectivity index (χ4n) is 3.05. The predicted octanol–water partition coefficient (Wildman–Crippen LogP) is 5.04. The Balaban J connectivity index is 1.96. The monoisotopic (exact) mass is 310 g/mol. The lowest BCUT2D eigenvalue weighted by molar-refractivity contribution is 0.103. The molecule has 2 nitrogen and oxygen atoms in total. The molecule has 0 aromatic heterocycles. The number of hydrogen-bond donors (Lipinski definition) is 0. The predicted molar refractivity (Wildman–Crippen MR) is 96.7 cm³/mol. The SMILES string of the molecule is O=Cc1cc2cc3ccccc3cc2cc1C(=O)c1ccccc1. The molecule has 0 N–H and O–H groups in total. The molecular weight excluding hydrogens is 296 g/mol. The standard InChI is InChI=1S/C22H14O2/c23-14-20-12-18-10-16-8-4-5-9-17(16)11-19(18)13-21(20)22(24)15-6-2-1-3-7-15/h1-14H. The van der Waals surface area contributed by atoms with Gasteiger partial charge < -0.3 is 0 Å². The number of fused-ring (bicyclic) bond motifs is 2. The molecule has 24 heavy (non-hydrogen) atoms. The molecule has 114 valence electrons. The van der Waals surface area contributed by atoms with Gasteiger partial charge in [-0.1, -0.05) is 54.6 Å². The van der Waals surface area contributed by atoms with Gasteiger partial charge in [-0.2, -0.15) is 0 Å². The van der Waals surface area contributed by atoms with Crippen molar-refractivity contribution in [1.29, 1.82) is 0 Å². The Hall–Kier alpha value is -3.26. The molecule has 0 aliphatic carbocycles. The van der Waals surface area contributed by atoms with Crippen LogP contribution in [0.5, 0.6) is 0 Å². The van der Waals surface area contributed by atoms with Crippen molar-refractivity contribution in [2.45, 2.75) is 0 Å². The van der Waals surface area contributed by atoms with Crippen LogP contribution in [0.15, 0.2) is 78.9 Å². The summed E-state index contributed by atoms with van der Waals surface area (Å²) >= 11 is 0. The van der Waals surface area contributed by atoms with Gasteiger partial charge in [0.05, 0.1) is 0 Å². The van der Waals surface area contributed by atoms with Gasteiger partial charge in [-0.15, -0.1) is 0 Å². The Labute approximate surface area is 139 Å². The Bertz CT molecular complexity index is 1080. The maximum atomic E-state index is 12.8. The summed E-state index contributed by atoms with van der Waals surface area (Å²) in [6.07, 6.45) is 0.755. The fourth-order valence-corrected chi connectivity index (χ4v) is 3.05. The minimum absolute atomic E-state index is 0.132. The molecule has 0 aliphatic rings. The molecule has 0 unspecified atom stereocenters. The summed E-state index contributed by atoms with van der Waals surface area (Å²) in [5, 5.41) is 4.14. The van der Waals surface area contributed by atoms with Crippen LogP contribution >= 0.6 is 0 Å². The van der Waals surface area contributed by atoms with Crippen molar-refractivity contribution in [2.75, 3.05) is 0 Å². The molecule has 0 saturated heterocycles. The highest BCUT2D eigenvalue weighted by Gasteiger charge is 2.14. The first-order valence-corrected chi connectivity index (χ1v) is 7.78. The van der Waals surface area contributed by atoms with Gasteiger partial charge in [-0.05, 0) is 45.8 Å². The second kappa shape index (κ2) is 5.74. The summed E-state index contributed by atoms with van der Waals surface area (Å²) < 4.78 is 0. The topological polar surface area (TPSA) is 34.1 Å². The number of benzene rings is 4. The van der Waals surface area contributed by atoms with Crippen LogP contribution in [0.4, 0.5) is 0 Å². The normalized spacial score (nSPS) is 10.8. The molecule has 4 aromatic carbocycles. The van der Waals surface area contributed by atoms with E-state index < -0.39 is 0 Å². The first-order chi connectivity index (χ1) is 11.8. The van der Waals surface area contributed by atoms with Crippen molar-refractivity contribution in [3.63, 3.8) is 0 Å². The quantitative estimate of drug-likeness (QED) is 0.302. The number of hydrogen-bond acceptors (Lipinski definition) is 2. The molecule has 0 aliphatic heterocycles. The molecule has 0 fully saturated rings. The average Bonchev–Trinajstić information content (AvgIpc) is 2.65. The van der Waals surface area contributed by atoms with E-state index in [1.54, 1.807) is 18.2 Å². The second-order valence-corrected chi connectivity index (χ2v) is 5.80. The molecule has 0 heterocycles. The Kier molecular flexibility index (Phi) is 3.43. The molecular formula is C22H14O2. The van der Waals surface area contributed by atoms with Crippen molar-refractivity contribution in [3.8, 4) is 0 Å². The Morgan fingerprint density at radius 1 is 0.667 bits per heavy atom. The highest BCUT2D eigenvalue weighted by Crippen LogP contribution is 2.26. The van der Waals surface area contributed by atoms with E-state index in [-0.39, 0.29) is 5.78 Å². The van der Waals surface area contributed by atoms with E-state index in [1.165, 1.54) is 0 Å². The molecule has 4 aromatic rings. The van der Waals surface area contributed by atoms with E-state index in [9.17, 15) is 9.59 Å². The summed E-state index contributed by atoms with van der Waals surface area (Å²) in [5.74, 6) is -0.132. The molecule has 0 amide bonds. The van der Waals surface area contributed by atoms with E-state index in [2.05, 4.69) is 12.1 Å². The van der Waals surface area contributed by atoms with Crippen LogP contribution in [0.3, 0.4) is 0 Å². The van der Waals surface area contributed by atoms with E-state index in [0.717, 1.165) is 27.8 Å². The highest BCUT2D eigenvalue weighted by atomic mass is 16.1. The first-order valence-electron chi connectivity index (χ1n) is 7.78. The number of ketones is 1. The summed E-state index contributed by atoms with van der Waals surface area (Å²) in [7, 11) is 0. The smallest absolute Gasteiger partial charge is 0.193 e. The van der Waals surface area contributed by atoms with Gasteiger partial charge in [0.2, 0.25) is 0 Å². The van der Waals surface area contributed by atoms with Crippen LogP contribution in [0.25, 0.3) is 21.5 Å². The minimum atomic E-state index is -0.132. The lowest BCUT2D eigenvalue weighted by Crippen LogP contribution is -2.05. The zero-order valence-corrected chi connectivity index (χ0v) is 12.9. The van der Waals surface area contributed by atoms with E-state index >= 15 is 0 Å². The molecule has 0 spiro atoms. The summed E-state index contributed by atoms with van der Waals surface area (Å²) in [4.78, 5) is 24.3. The zero-order valence-electron chi connectivity index (χ0n) is 12.9. The van der Waals surface area contributed by atoms with Gasteiger partial charge in [-0.25, -0.2) is 0 Å². The van der Waals surface area contributed by atoms with Gasteiger partial charge >= 0.3 is 0 Å². The van der Waals surface area contributed by atoms with Crippen LogP contribution in [-0.2, 0) is 0 Å². The number of carbonyl (C=O) groups is 2.